The highest BCUT2D eigenvalue weighted by atomic mass is 16.5. The van der Waals surface area contributed by atoms with E-state index >= 15 is 0 Å². The molecule has 3 rings (SSSR count). The first-order valence-electron chi connectivity index (χ1n) is 6.90. The largest absolute Gasteiger partial charge is 0.465 e. The smallest absolute Gasteiger partial charge is 0.407 e. The van der Waals surface area contributed by atoms with Crippen LogP contribution in [0.3, 0.4) is 0 Å². The van der Waals surface area contributed by atoms with Crippen molar-refractivity contribution in [3.63, 3.8) is 0 Å². The van der Waals surface area contributed by atoms with Gasteiger partial charge in [0.15, 0.2) is 6.33 Å². The number of likely N-dealkylation sites (tertiary alicyclic amines) is 1. The molecule has 1 atom stereocenters. The molecule has 0 saturated carbocycles. The van der Waals surface area contributed by atoms with Crippen molar-refractivity contribution in [2.45, 2.75) is 18.8 Å². The van der Waals surface area contributed by atoms with Crippen molar-refractivity contribution < 1.29 is 14.4 Å². The van der Waals surface area contributed by atoms with Crippen molar-refractivity contribution in [3.8, 4) is 0 Å². The maximum atomic E-state index is 11.0. The summed E-state index contributed by atoms with van der Waals surface area (Å²) in [5.41, 5.74) is 1.07. The number of rotatable bonds is 3. The molecule has 1 aliphatic heterocycles. The fourth-order valence-corrected chi connectivity index (χ4v) is 2.93. The van der Waals surface area contributed by atoms with E-state index in [1.54, 1.807) is 12.4 Å². The predicted molar refractivity (Wildman–Crippen MR) is 72.7 cm³/mol. The number of carbonyl (C=O) groups is 1. The van der Waals surface area contributed by atoms with E-state index in [1.807, 2.05) is 12.1 Å². The quantitative estimate of drug-likeness (QED) is 0.928. The van der Waals surface area contributed by atoms with Crippen LogP contribution >= 0.6 is 0 Å². The maximum Gasteiger partial charge on any atom is 0.407 e. The molecular formula is C14H16N4O3. The fraction of sp³-hybridized carbons (Fsp3) is 0.429. The zero-order chi connectivity index (χ0) is 14.7. The molecule has 7 nitrogen and oxygen atoms in total. The monoisotopic (exact) mass is 288 g/mol. The molecule has 1 aliphatic rings. The van der Waals surface area contributed by atoms with Crippen LogP contribution in [-0.2, 0) is 0 Å². The number of hydrogen-bond donors (Lipinski definition) is 1. The zero-order valence-corrected chi connectivity index (χ0v) is 11.4. The van der Waals surface area contributed by atoms with Crippen molar-refractivity contribution in [1.82, 2.24) is 20.0 Å². The Bertz CT molecular complexity index is 580. The van der Waals surface area contributed by atoms with Crippen LogP contribution in [0.1, 0.15) is 30.2 Å². The lowest BCUT2D eigenvalue weighted by Crippen LogP contribution is -2.39. The highest BCUT2D eigenvalue weighted by Gasteiger charge is 2.33. The van der Waals surface area contributed by atoms with Gasteiger partial charge >= 0.3 is 6.09 Å². The van der Waals surface area contributed by atoms with E-state index < -0.39 is 6.09 Å². The summed E-state index contributed by atoms with van der Waals surface area (Å²) in [4.78, 5) is 20.7. The van der Waals surface area contributed by atoms with Gasteiger partial charge < -0.3 is 14.5 Å². The molecule has 21 heavy (non-hydrogen) atoms. The van der Waals surface area contributed by atoms with Crippen LogP contribution in [0.2, 0.25) is 0 Å². The third-order valence-electron chi connectivity index (χ3n) is 3.99. The van der Waals surface area contributed by atoms with Crippen LogP contribution in [0.4, 0.5) is 4.79 Å². The second-order valence-electron chi connectivity index (χ2n) is 5.14. The van der Waals surface area contributed by atoms with Crippen LogP contribution in [-0.4, -0.2) is 44.3 Å². The van der Waals surface area contributed by atoms with E-state index in [4.69, 9.17) is 9.63 Å². The van der Waals surface area contributed by atoms with Gasteiger partial charge in [-0.3, -0.25) is 4.98 Å². The summed E-state index contributed by atoms with van der Waals surface area (Å²) < 4.78 is 5.27. The van der Waals surface area contributed by atoms with Gasteiger partial charge in [-0.05, 0) is 36.5 Å². The Hall–Kier alpha value is -2.44. The summed E-state index contributed by atoms with van der Waals surface area (Å²) in [5.74, 6) is 0.852. The average molecular weight is 288 g/mol. The van der Waals surface area contributed by atoms with Gasteiger partial charge in [-0.2, -0.15) is 4.98 Å². The number of aromatic nitrogens is 3. The van der Waals surface area contributed by atoms with Crippen molar-refractivity contribution >= 4 is 6.09 Å². The van der Waals surface area contributed by atoms with Crippen molar-refractivity contribution in [1.29, 1.82) is 0 Å². The fourth-order valence-electron chi connectivity index (χ4n) is 2.93. The number of piperidine rings is 1. The molecule has 0 aromatic carbocycles. The molecule has 1 N–H and O–H groups in total. The van der Waals surface area contributed by atoms with E-state index in [0.717, 1.165) is 18.4 Å². The van der Waals surface area contributed by atoms with Gasteiger partial charge in [-0.15, -0.1) is 0 Å². The molecule has 3 heterocycles. The van der Waals surface area contributed by atoms with E-state index in [9.17, 15) is 4.79 Å². The Kier molecular flexibility index (Phi) is 3.81. The standard InChI is InChI=1S/C14H16N4O3/c19-14(20)18-7-3-11(4-8-18)12(13-16-9-17-21-13)10-1-5-15-6-2-10/h1-2,5-6,9,11-12H,3-4,7-8H2,(H,19,20). The molecule has 1 saturated heterocycles. The van der Waals surface area contributed by atoms with Crippen molar-refractivity contribution in [2.75, 3.05) is 13.1 Å². The van der Waals surface area contributed by atoms with Crippen molar-refractivity contribution in [3.05, 3.63) is 42.3 Å². The van der Waals surface area contributed by atoms with Crippen LogP contribution in [0.5, 0.6) is 0 Å². The second kappa shape index (κ2) is 5.90. The molecular weight excluding hydrogens is 272 g/mol. The molecule has 0 radical (unpaired) electrons. The van der Waals surface area contributed by atoms with Gasteiger partial charge in [0.25, 0.3) is 0 Å². The van der Waals surface area contributed by atoms with Gasteiger partial charge in [-0.25, -0.2) is 4.79 Å². The second-order valence-corrected chi connectivity index (χ2v) is 5.14. The summed E-state index contributed by atoms with van der Waals surface area (Å²) in [5, 5.41) is 12.7. The normalized spacial score (nSPS) is 17.6. The summed E-state index contributed by atoms with van der Waals surface area (Å²) >= 11 is 0. The molecule has 2 aromatic rings. The van der Waals surface area contributed by atoms with Crippen LogP contribution in [0, 0.1) is 5.92 Å². The molecule has 2 aromatic heterocycles. The van der Waals surface area contributed by atoms with Crippen molar-refractivity contribution in [2.24, 2.45) is 5.92 Å². The lowest BCUT2D eigenvalue weighted by atomic mass is 9.80. The van der Waals surface area contributed by atoms with Crippen LogP contribution in [0.25, 0.3) is 0 Å². The van der Waals surface area contributed by atoms with E-state index in [0.29, 0.717) is 19.0 Å². The minimum Gasteiger partial charge on any atom is -0.465 e. The molecule has 110 valence electrons. The highest BCUT2D eigenvalue weighted by Crippen LogP contribution is 2.36. The summed E-state index contributed by atoms with van der Waals surface area (Å²) in [7, 11) is 0. The van der Waals surface area contributed by atoms with Gasteiger partial charge in [0.05, 0.1) is 5.92 Å². The summed E-state index contributed by atoms with van der Waals surface area (Å²) in [6, 6.07) is 3.89. The predicted octanol–water partition coefficient (Wildman–Crippen LogP) is 1.99. The first-order chi connectivity index (χ1) is 10.3. The Balaban J connectivity index is 1.83. The minimum absolute atomic E-state index is 0.00792. The van der Waals surface area contributed by atoms with Gasteiger partial charge in [-0.1, -0.05) is 5.16 Å². The summed E-state index contributed by atoms with van der Waals surface area (Å²) in [6.45, 7) is 1.07. The lowest BCUT2D eigenvalue weighted by Gasteiger charge is -2.33. The molecule has 1 amide bonds. The Morgan fingerprint density at radius 1 is 1.33 bits per heavy atom. The lowest BCUT2D eigenvalue weighted by molar-refractivity contribution is 0.119. The average Bonchev–Trinajstić information content (AvgIpc) is 3.03. The van der Waals surface area contributed by atoms with Crippen LogP contribution in [0.15, 0.2) is 35.4 Å². The number of nitrogens with zero attached hydrogens (tertiary/aromatic N) is 4. The third-order valence-corrected chi connectivity index (χ3v) is 3.99. The molecule has 1 unspecified atom stereocenters. The van der Waals surface area contributed by atoms with E-state index in [1.165, 1.54) is 11.2 Å². The van der Waals surface area contributed by atoms with Gasteiger partial charge in [0, 0.05) is 25.5 Å². The minimum atomic E-state index is -0.855. The number of pyridine rings is 1. The first-order valence-corrected chi connectivity index (χ1v) is 6.90. The first kappa shape index (κ1) is 13.5. The molecule has 0 spiro atoms. The molecule has 1 fully saturated rings. The topological polar surface area (TPSA) is 92.3 Å². The number of hydrogen-bond acceptors (Lipinski definition) is 5. The summed E-state index contributed by atoms with van der Waals surface area (Å²) in [6.07, 6.45) is 5.58. The van der Waals surface area contributed by atoms with Crippen LogP contribution < -0.4 is 0 Å². The Morgan fingerprint density at radius 3 is 2.62 bits per heavy atom. The third kappa shape index (κ3) is 2.86. The van der Waals surface area contributed by atoms with Gasteiger partial charge in [0.1, 0.15) is 0 Å². The zero-order valence-electron chi connectivity index (χ0n) is 11.4. The van der Waals surface area contributed by atoms with Gasteiger partial charge in [0.2, 0.25) is 5.89 Å². The molecule has 7 heteroatoms. The Morgan fingerprint density at radius 2 is 2.05 bits per heavy atom. The van der Waals surface area contributed by atoms with E-state index in [-0.39, 0.29) is 11.8 Å². The number of amides is 1. The molecule has 0 aliphatic carbocycles. The maximum absolute atomic E-state index is 11.0. The highest BCUT2D eigenvalue weighted by molar-refractivity contribution is 5.65. The number of carboxylic acid groups (broad SMARTS) is 1. The SMILES string of the molecule is O=C(O)N1CCC(C(c2ccncc2)c2ncno2)CC1. The molecule has 0 bridgehead atoms. The van der Waals surface area contributed by atoms with E-state index in [2.05, 4.69) is 15.1 Å². The Labute approximate surface area is 121 Å².